The Morgan fingerprint density at radius 2 is 2.00 bits per heavy atom. The lowest BCUT2D eigenvalue weighted by atomic mass is 9.69. The maximum Gasteiger partial charge on any atom is 0.310 e. The van der Waals surface area contributed by atoms with Crippen LogP contribution in [0.3, 0.4) is 0 Å². The van der Waals surface area contributed by atoms with Gasteiger partial charge in [-0.25, -0.2) is 0 Å². The number of ether oxygens (including phenoxy) is 1. The van der Waals surface area contributed by atoms with Crippen LogP contribution < -0.4 is 0 Å². The van der Waals surface area contributed by atoms with Gasteiger partial charge in [-0.05, 0) is 86.5 Å². The van der Waals surface area contributed by atoms with E-state index in [1.165, 1.54) is 12.8 Å². The summed E-state index contributed by atoms with van der Waals surface area (Å²) in [6.45, 7) is 2.15. The molecular formula is C21H28O2. The molecule has 124 valence electrons. The van der Waals surface area contributed by atoms with Crippen LogP contribution in [0.25, 0.3) is 0 Å². The van der Waals surface area contributed by atoms with Crippen LogP contribution in [0.4, 0.5) is 0 Å². The average molecular weight is 312 g/mol. The summed E-state index contributed by atoms with van der Waals surface area (Å²) < 4.78 is 6.15. The van der Waals surface area contributed by atoms with E-state index >= 15 is 0 Å². The van der Waals surface area contributed by atoms with Crippen LogP contribution in [0, 0.1) is 41.4 Å². The lowest BCUT2D eigenvalue weighted by Gasteiger charge is -2.38. The third-order valence-electron chi connectivity index (χ3n) is 7.87. The molecule has 0 amide bonds. The van der Waals surface area contributed by atoms with E-state index < -0.39 is 0 Å². The molecule has 8 unspecified atom stereocenters. The number of hydrogen-bond acceptors (Lipinski definition) is 2. The van der Waals surface area contributed by atoms with E-state index in [0.29, 0.717) is 5.92 Å². The van der Waals surface area contributed by atoms with E-state index in [0.717, 1.165) is 61.7 Å². The smallest absolute Gasteiger partial charge is 0.310 e. The Kier molecular flexibility index (Phi) is 3.09. The molecule has 0 spiro atoms. The van der Waals surface area contributed by atoms with Gasteiger partial charge in [-0.1, -0.05) is 25.2 Å². The predicted molar refractivity (Wildman–Crippen MR) is 89.5 cm³/mol. The van der Waals surface area contributed by atoms with Crippen molar-refractivity contribution in [3.05, 3.63) is 24.3 Å². The standard InChI is InChI=1S/C21H28O2/c1-2-21(8-4-3-5-9-21)23-20(22)17-12-15-11-16(17)19-14-7-6-13(10-14)18(15)19/h4,6-8,13-19H,2-3,5,9-12H2,1H3. The summed E-state index contributed by atoms with van der Waals surface area (Å²) in [6.07, 6.45) is 17.3. The largest absolute Gasteiger partial charge is 0.455 e. The SMILES string of the molecule is CCC1(OC(=O)C2CC3CC2C2C4C=CC(C4)C32)C=CCCC1. The fourth-order valence-electron chi connectivity index (χ4n) is 6.92. The molecule has 0 heterocycles. The Hall–Kier alpha value is -1.05. The molecule has 4 bridgehead atoms. The minimum atomic E-state index is -0.300. The quantitative estimate of drug-likeness (QED) is 0.435. The highest BCUT2D eigenvalue weighted by Gasteiger charge is 2.62. The van der Waals surface area contributed by atoms with Gasteiger partial charge < -0.3 is 4.74 Å². The first-order valence-electron chi connectivity index (χ1n) is 9.80. The number of carbonyl (C=O) groups excluding carboxylic acids is 1. The molecule has 5 aliphatic rings. The Bertz CT molecular complexity index is 576. The Morgan fingerprint density at radius 1 is 1.17 bits per heavy atom. The zero-order valence-corrected chi connectivity index (χ0v) is 14.1. The van der Waals surface area contributed by atoms with E-state index in [1.807, 2.05) is 0 Å². The van der Waals surface area contributed by atoms with Crippen molar-refractivity contribution < 1.29 is 9.53 Å². The van der Waals surface area contributed by atoms with Gasteiger partial charge in [0.2, 0.25) is 0 Å². The summed E-state index contributed by atoms with van der Waals surface area (Å²) in [5.41, 5.74) is -0.300. The number of carbonyl (C=O) groups is 1. The van der Waals surface area contributed by atoms with Crippen LogP contribution >= 0.6 is 0 Å². The molecular weight excluding hydrogens is 284 g/mol. The van der Waals surface area contributed by atoms with Crippen LogP contribution in [0.15, 0.2) is 24.3 Å². The monoisotopic (exact) mass is 312 g/mol. The van der Waals surface area contributed by atoms with Gasteiger partial charge in [-0.3, -0.25) is 4.79 Å². The first-order valence-corrected chi connectivity index (χ1v) is 9.80. The first-order chi connectivity index (χ1) is 11.2. The van der Waals surface area contributed by atoms with Gasteiger partial charge in [0.25, 0.3) is 0 Å². The highest BCUT2D eigenvalue weighted by Crippen LogP contribution is 2.67. The number of hydrogen-bond donors (Lipinski definition) is 0. The van der Waals surface area contributed by atoms with Crippen molar-refractivity contribution in [1.29, 1.82) is 0 Å². The average Bonchev–Trinajstić information content (AvgIpc) is 3.33. The minimum Gasteiger partial charge on any atom is -0.455 e. The van der Waals surface area contributed by atoms with Gasteiger partial charge in [-0.2, -0.15) is 0 Å². The van der Waals surface area contributed by atoms with E-state index in [4.69, 9.17) is 4.74 Å². The molecule has 3 fully saturated rings. The van der Waals surface area contributed by atoms with Crippen LogP contribution in [0.2, 0.25) is 0 Å². The maximum absolute atomic E-state index is 13.0. The van der Waals surface area contributed by atoms with Crippen molar-refractivity contribution in [2.45, 2.75) is 57.5 Å². The normalized spacial score (nSPS) is 52.1. The van der Waals surface area contributed by atoms with Crippen LogP contribution in [-0.2, 0) is 9.53 Å². The molecule has 0 saturated heterocycles. The van der Waals surface area contributed by atoms with Gasteiger partial charge >= 0.3 is 5.97 Å². The van der Waals surface area contributed by atoms with Crippen molar-refractivity contribution in [3.63, 3.8) is 0 Å². The number of allylic oxidation sites excluding steroid dienone is 3. The zero-order valence-electron chi connectivity index (χ0n) is 14.1. The van der Waals surface area contributed by atoms with Gasteiger partial charge in [0.15, 0.2) is 0 Å². The van der Waals surface area contributed by atoms with Gasteiger partial charge in [0, 0.05) is 0 Å². The van der Waals surface area contributed by atoms with Crippen LogP contribution in [0.1, 0.15) is 51.9 Å². The van der Waals surface area contributed by atoms with Gasteiger partial charge in [0.05, 0.1) is 5.92 Å². The minimum absolute atomic E-state index is 0.121. The molecule has 5 rings (SSSR count). The summed E-state index contributed by atoms with van der Waals surface area (Å²) in [7, 11) is 0. The Morgan fingerprint density at radius 3 is 2.74 bits per heavy atom. The fraction of sp³-hybridized carbons (Fsp3) is 0.762. The summed E-state index contributed by atoms with van der Waals surface area (Å²) in [4.78, 5) is 13.0. The molecule has 2 heteroatoms. The highest BCUT2D eigenvalue weighted by atomic mass is 16.6. The lowest BCUT2D eigenvalue weighted by Crippen LogP contribution is -2.40. The van der Waals surface area contributed by atoms with E-state index in [2.05, 4.69) is 31.2 Å². The number of esters is 1. The third-order valence-corrected chi connectivity index (χ3v) is 7.87. The van der Waals surface area contributed by atoms with Crippen molar-refractivity contribution >= 4 is 5.97 Å². The molecule has 8 atom stereocenters. The van der Waals surface area contributed by atoms with Crippen molar-refractivity contribution in [3.8, 4) is 0 Å². The second kappa shape index (κ2) is 4.97. The van der Waals surface area contributed by atoms with E-state index in [-0.39, 0.29) is 17.5 Å². The van der Waals surface area contributed by atoms with Gasteiger partial charge in [0.1, 0.15) is 5.60 Å². The molecule has 0 aromatic carbocycles. The summed E-state index contributed by atoms with van der Waals surface area (Å²) in [5, 5.41) is 0. The second-order valence-electron chi connectivity index (χ2n) is 8.74. The predicted octanol–water partition coefficient (Wildman–Crippen LogP) is 4.51. The molecule has 0 radical (unpaired) electrons. The highest BCUT2D eigenvalue weighted by molar-refractivity contribution is 5.74. The fourth-order valence-corrected chi connectivity index (χ4v) is 6.92. The summed E-state index contributed by atoms with van der Waals surface area (Å²) in [5.74, 6) is 5.00. The van der Waals surface area contributed by atoms with Gasteiger partial charge in [-0.15, -0.1) is 0 Å². The summed E-state index contributed by atoms with van der Waals surface area (Å²) >= 11 is 0. The Labute approximate surface area is 139 Å². The van der Waals surface area contributed by atoms with E-state index in [9.17, 15) is 4.79 Å². The molecule has 5 aliphatic carbocycles. The van der Waals surface area contributed by atoms with Crippen LogP contribution in [0.5, 0.6) is 0 Å². The maximum atomic E-state index is 13.0. The van der Waals surface area contributed by atoms with Crippen molar-refractivity contribution in [2.75, 3.05) is 0 Å². The molecule has 3 saturated carbocycles. The Balaban J connectivity index is 1.34. The van der Waals surface area contributed by atoms with Crippen molar-refractivity contribution in [2.24, 2.45) is 41.4 Å². The lowest BCUT2D eigenvalue weighted by molar-refractivity contribution is -0.165. The summed E-state index contributed by atoms with van der Waals surface area (Å²) in [6, 6.07) is 0. The van der Waals surface area contributed by atoms with Crippen molar-refractivity contribution in [1.82, 2.24) is 0 Å². The molecule has 23 heavy (non-hydrogen) atoms. The molecule has 0 aliphatic heterocycles. The molecule has 2 nitrogen and oxygen atoms in total. The zero-order chi connectivity index (χ0) is 15.6. The molecule has 0 N–H and O–H groups in total. The number of rotatable bonds is 3. The molecule has 0 aromatic heterocycles. The topological polar surface area (TPSA) is 26.3 Å². The first kappa shape index (κ1) is 14.3. The number of fused-ring (bicyclic) bond motifs is 9. The molecule has 0 aromatic rings. The van der Waals surface area contributed by atoms with Crippen LogP contribution in [-0.4, -0.2) is 11.6 Å². The van der Waals surface area contributed by atoms with E-state index in [1.54, 1.807) is 0 Å². The third kappa shape index (κ3) is 1.96. The second-order valence-corrected chi connectivity index (χ2v) is 8.74.